The molecule has 0 radical (unpaired) electrons. The van der Waals surface area contributed by atoms with Gasteiger partial charge >= 0.3 is 0 Å². The lowest BCUT2D eigenvalue weighted by Gasteiger charge is -2.13. The molecule has 4 aromatic rings. The van der Waals surface area contributed by atoms with Crippen molar-refractivity contribution < 1.29 is 4.39 Å². The van der Waals surface area contributed by atoms with E-state index >= 15 is 0 Å². The van der Waals surface area contributed by atoms with Gasteiger partial charge in [0.15, 0.2) is 8.73 Å². The molecule has 2 aromatic carbocycles. The SMILES string of the molecule is CCN(CC)CC.Cc1cc(-n2c(=S)sc3c(=O)n(-c4ccccc4F)c(=S)[nH]c32)ccc1Cl. The van der Waals surface area contributed by atoms with Gasteiger partial charge in [0.2, 0.25) is 0 Å². The molecule has 0 aliphatic heterocycles. The van der Waals surface area contributed by atoms with Crippen LogP contribution in [0, 0.1) is 21.5 Å². The lowest BCUT2D eigenvalue weighted by Crippen LogP contribution is -2.21. The van der Waals surface area contributed by atoms with Gasteiger partial charge in [0, 0.05) is 10.7 Å². The maximum Gasteiger partial charge on any atom is 0.278 e. The first-order valence-electron chi connectivity index (χ1n) is 10.9. The van der Waals surface area contributed by atoms with E-state index < -0.39 is 11.4 Å². The van der Waals surface area contributed by atoms with Crippen molar-refractivity contribution >= 4 is 57.7 Å². The van der Waals surface area contributed by atoms with Crippen molar-refractivity contribution in [3.63, 3.8) is 0 Å². The zero-order valence-electron chi connectivity index (χ0n) is 19.4. The Bertz CT molecular complexity index is 1480. The van der Waals surface area contributed by atoms with Crippen molar-refractivity contribution in [2.75, 3.05) is 19.6 Å². The summed E-state index contributed by atoms with van der Waals surface area (Å²) in [4.78, 5) is 18.5. The molecule has 0 aliphatic rings. The summed E-state index contributed by atoms with van der Waals surface area (Å²) in [6.45, 7) is 12.0. The maximum absolute atomic E-state index is 14.2. The van der Waals surface area contributed by atoms with E-state index in [1.807, 2.05) is 19.1 Å². The molecule has 0 aliphatic carbocycles. The molecular weight excluding hydrogens is 511 g/mol. The molecule has 0 saturated carbocycles. The standard InChI is InChI=1S/C18H11ClFN3OS3.C6H15N/c1-9-8-10(6-7-11(9)19)22-15-14(27-18(22)26)16(24)23(17(25)21-15)13-5-3-2-4-12(13)20;1-4-7(5-2)6-3/h2-8H,1H3,(H,21,25);4-6H2,1-3H3. The van der Waals surface area contributed by atoms with Crippen LogP contribution in [0.25, 0.3) is 21.7 Å². The first-order chi connectivity index (χ1) is 16.2. The summed E-state index contributed by atoms with van der Waals surface area (Å²) < 4.78 is 18.0. The van der Waals surface area contributed by atoms with Crippen LogP contribution in [0.2, 0.25) is 5.02 Å². The highest BCUT2D eigenvalue weighted by atomic mass is 35.5. The van der Waals surface area contributed by atoms with Crippen molar-refractivity contribution in [2.45, 2.75) is 27.7 Å². The fourth-order valence-electron chi connectivity index (χ4n) is 3.51. The number of para-hydroxylation sites is 1. The monoisotopic (exact) mass is 536 g/mol. The van der Waals surface area contributed by atoms with E-state index in [9.17, 15) is 9.18 Å². The molecule has 0 saturated heterocycles. The number of halogens is 2. The number of thiazole rings is 1. The van der Waals surface area contributed by atoms with Crippen molar-refractivity contribution in [2.24, 2.45) is 0 Å². The average Bonchev–Trinajstić information content (AvgIpc) is 3.14. The van der Waals surface area contributed by atoms with Crippen molar-refractivity contribution in [1.29, 1.82) is 0 Å². The second-order valence-corrected chi connectivity index (χ2v) is 9.89. The summed E-state index contributed by atoms with van der Waals surface area (Å²) in [7, 11) is 0. The molecule has 1 N–H and O–H groups in total. The Hall–Kier alpha value is -2.17. The van der Waals surface area contributed by atoms with E-state index in [4.69, 9.17) is 36.0 Å². The van der Waals surface area contributed by atoms with Crippen LogP contribution in [0.4, 0.5) is 4.39 Å². The Morgan fingerprint density at radius 3 is 2.26 bits per heavy atom. The van der Waals surface area contributed by atoms with Gasteiger partial charge in [0.25, 0.3) is 5.56 Å². The van der Waals surface area contributed by atoms with Crippen LogP contribution in [-0.2, 0) is 0 Å². The number of aromatic amines is 1. The molecule has 0 atom stereocenters. The first kappa shape index (κ1) is 26.4. The minimum Gasteiger partial charge on any atom is -0.316 e. The van der Waals surface area contributed by atoms with Crippen LogP contribution in [0.3, 0.4) is 0 Å². The van der Waals surface area contributed by atoms with Gasteiger partial charge in [-0.05, 0) is 86.9 Å². The molecular formula is C24H26ClFN4OS3. The summed E-state index contributed by atoms with van der Waals surface area (Å²) in [5.74, 6) is -0.533. The predicted octanol–water partition coefficient (Wildman–Crippen LogP) is 7.08. The third-order valence-electron chi connectivity index (χ3n) is 5.47. The molecule has 0 spiro atoms. The van der Waals surface area contributed by atoms with Crippen LogP contribution in [-0.4, -0.2) is 38.7 Å². The smallest absolute Gasteiger partial charge is 0.278 e. The quantitative estimate of drug-likeness (QED) is 0.277. The third-order valence-corrected chi connectivity index (χ3v) is 7.54. The Balaban J connectivity index is 0.000000406. The van der Waals surface area contributed by atoms with Crippen LogP contribution < -0.4 is 5.56 Å². The Kier molecular flexibility index (Phi) is 8.95. The lowest BCUT2D eigenvalue weighted by molar-refractivity contribution is 0.321. The number of fused-ring (bicyclic) bond motifs is 1. The molecule has 0 bridgehead atoms. The summed E-state index contributed by atoms with van der Waals surface area (Å²) in [5.41, 5.74) is 1.81. The number of hydrogen-bond donors (Lipinski definition) is 1. The number of aromatic nitrogens is 3. The number of aryl methyl sites for hydroxylation is 1. The number of nitrogens with zero attached hydrogens (tertiary/aromatic N) is 3. The maximum atomic E-state index is 14.2. The van der Waals surface area contributed by atoms with Gasteiger partial charge in [-0.15, -0.1) is 0 Å². The van der Waals surface area contributed by atoms with Crippen molar-refractivity contribution in [3.8, 4) is 11.4 Å². The van der Waals surface area contributed by atoms with E-state index in [0.717, 1.165) is 27.2 Å². The highest BCUT2D eigenvalue weighted by Gasteiger charge is 2.16. The Morgan fingerprint density at radius 2 is 1.71 bits per heavy atom. The van der Waals surface area contributed by atoms with Crippen molar-refractivity contribution in [1.82, 2.24) is 19.0 Å². The Morgan fingerprint density at radius 1 is 1.06 bits per heavy atom. The molecule has 0 amide bonds. The van der Waals surface area contributed by atoms with Gasteiger partial charge in [0.05, 0.1) is 5.69 Å². The van der Waals surface area contributed by atoms with Gasteiger partial charge in [-0.2, -0.15) is 0 Å². The molecule has 5 nitrogen and oxygen atoms in total. The highest BCUT2D eigenvalue weighted by molar-refractivity contribution is 7.73. The predicted molar refractivity (Wildman–Crippen MR) is 146 cm³/mol. The number of H-pyrrole nitrogens is 1. The zero-order chi connectivity index (χ0) is 25.0. The van der Waals surface area contributed by atoms with Gasteiger partial charge in [-0.25, -0.2) is 8.96 Å². The van der Waals surface area contributed by atoms with E-state index in [0.29, 0.717) is 19.3 Å². The van der Waals surface area contributed by atoms with Crippen LogP contribution in [0.1, 0.15) is 26.3 Å². The zero-order valence-corrected chi connectivity index (χ0v) is 22.6. The second-order valence-electron chi connectivity index (χ2n) is 7.46. The molecule has 10 heteroatoms. The molecule has 4 rings (SSSR count). The molecule has 0 unspecified atom stereocenters. The minimum atomic E-state index is -0.533. The summed E-state index contributed by atoms with van der Waals surface area (Å²) >= 11 is 18.1. The van der Waals surface area contributed by atoms with Gasteiger partial charge in [0.1, 0.15) is 16.2 Å². The lowest BCUT2D eigenvalue weighted by atomic mass is 10.2. The summed E-state index contributed by atoms with van der Waals surface area (Å²) in [5, 5.41) is 0.639. The van der Waals surface area contributed by atoms with Crippen LogP contribution in [0.5, 0.6) is 0 Å². The normalized spacial score (nSPS) is 11.0. The van der Waals surface area contributed by atoms with E-state index in [1.54, 1.807) is 22.8 Å². The minimum absolute atomic E-state index is 0.0878. The van der Waals surface area contributed by atoms with Gasteiger partial charge in [-0.3, -0.25) is 9.36 Å². The van der Waals surface area contributed by atoms with Crippen LogP contribution in [0.15, 0.2) is 47.3 Å². The number of benzene rings is 2. The van der Waals surface area contributed by atoms with E-state index in [-0.39, 0.29) is 10.5 Å². The van der Waals surface area contributed by atoms with E-state index in [1.165, 1.54) is 31.8 Å². The van der Waals surface area contributed by atoms with Crippen LogP contribution >= 0.6 is 47.4 Å². The average molecular weight is 537 g/mol. The number of rotatable bonds is 5. The molecule has 2 aromatic heterocycles. The summed E-state index contributed by atoms with van der Waals surface area (Å²) in [6.07, 6.45) is 0. The molecule has 2 heterocycles. The fraction of sp³-hybridized carbons (Fsp3) is 0.292. The molecule has 34 heavy (non-hydrogen) atoms. The third kappa shape index (κ3) is 5.39. The molecule has 0 fully saturated rings. The second kappa shape index (κ2) is 11.5. The number of nitrogens with one attached hydrogen (secondary N) is 1. The Labute approximate surface area is 217 Å². The fourth-order valence-corrected chi connectivity index (χ4v) is 5.23. The summed E-state index contributed by atoms with van der Waals surface area (Å²) in [6, 6.07) is 11.5. The van der Waals surface area contributed by atoms with Crippen molar-refractivity contribution in [3.05, 3.63) is 77.9 Å². The van der Waals surface area contributed by atoms with E-state index in [2.05, 4.69) is 30.7 Å². The number of hydrogen-bond acceptors (Lipinski definition) is 5. The first-order valence-corrected chi connectivity index (χ1v) is 12.9. The highest BCUT2D eigenvalue weighted by Crippen LogP contribution is 2.26. The van der Waals surface area contributed by atoms with Gasteiger partial charge < -0.3 is 9.88 Å². The molecule has 180 valence electrons. The van der Waals surface area contributed by atoms with Gasteiger partial charge in [-0.1, -0.05) is 55.8 Å². The largest absolute Gasteiger partial charge is 0.316 e. The topological polar surface area (TPSA) is 46.0 Å².